The molecular formula is C18H19N3O3S. The molecule has 3 rings (SSSR count). The van der Waals surface area contributed by atoms with Crippen LogP contribution in [0.1, 0.15) is 18.4 Å². The van der Waals surface area contributed by atoms with Gasteiger partial charge in [-0.3, -0.25) is 5.43 Å². The molecule has 0 radical (unpaired) electrons. The maximum Gasteiger partial charge on any atom is 0.203 e. The third-order valence-corrected chi connectivity index (χ3v) is 4.35. The smallest absolute Gasteiger partial charge is 0.203 e. The first-order chi connectivity index (χ1) is 12.1. The quantitative estimate of drug-likeness (QED) is 0.517. The van der Waals surface area contributed by atoms with Gasteiger partial charge in [-0.05, 0) is 44.2 Å². The summed E-state index contributed by atoms with van der Waals surface area (Å²) in [6.07, 6.45) is 0. The highest BCUT2D eigenvalue weighted by Gasteiger charge is 2.09. The molecule has 6 nitrogen and oxygen atoms in total. The van der Waals surface area contributed by atoms with Crippen molar-refractivity contribution >= 4 is 22.2 Å². The molecule has 2 heterocycles. The number of rotatable bonds is 6. The Morgan fingerprint density at radius 1 is 1.16 bits per heavy atom. The van der Waals surface area contributed by atoms with E-state index in [1.54, 1.807) is 14.2 Å². The summed E-state index contributed by atoms with van der Waals surface area (Å²) in [5.74, 6) is 2.95. The van der Waals surface area contributed by atoms with Gasteiger partial charge < -0.3 is 13.9 Å². The average molecular weight is 357 g/mol. The predicted octanol–water partition coefficient (Wildman–Crippen LogP) is 4.56. The van der Waals surface area contributed by atoms with Gasteiger partial charge in [-0.25, -0.2) is 4.98 Å². The number of thiazole rings is 1. The van der Waals surface area contributed by atoms with E-state index in [-0.39, 0.29) is 0 Å². The number of hydrogen-bond donors (Lipinski definition) is 1. The minimum atomic E-state index is 0.671. The number of furan rings is 1. The van der Waals surface area contributed by atoms with Crippen molar-refractivity contribution in [3.63, 3.8) is 0 Å². The monoisotopic (exact) mass is 357 g/mol. The van der Waals surface area contributed by atoms with Crippen molar-refractivity contribution in [3.05, 3.63) is 47.2 Å². The zero-order valence-corrected chi connectivity index (χ0v) is 15.3. The van der Waals surface area contributed by atoms with Crippen molar-refractivity contribution < 1.29 is 13.9 Å². The second kappa shape index (κ2) is 7.40. The largest absolute Gasteiger partial charge is 0.493 e. The van der Waals surface area contributed by atoms with Crippen molar-refractivity contribution in [1.82, 2.24) is 4.98 Å². The molecule has 0 bridgehead atoms. The molecule has 1 aromatic carbocycles. The number of aromatic nitrogens is 1. The normalized spacial score (nSPS) is 11.4. The van der Waals surface area contributed by atoms with E-state index >= 15 is 0 Å². The van der Waals surface area contributed by atoms with Crippen LogP contribution in [0.25, 0.3) is 11.3 Å². The molecule has 0 aliphatic carbocycles. The van der Waals surface area contributed by atoms with Gasteiger partial charge in [0.05, 0.1) is 19.9 Å². The number of nitrogens with zero attached hydrogens (tertiary/aromatic N) is 2. The zero-order chi connectivity index (χ0) is 17.8. The van der Waals surface area contributed by atoms with Crippen molar-refractivity contribution in [2.24, 2.45) is 5.10 Å². The summed E-state index contributed by atoms with van der Waals surface area (Å²) < 4.78 is 16.1. The topological polar surface area (TPSA) is 68.9 Å². The minimum absolute atomic E-state index is 0.671. The van der Waals surface area contributed by atoms with E-state index < -0.39 is 0 Å². The van der Waals surface area contributed by atoms with E-state index in [0.29, 0.717) is 16.6 Å². The first-order valence-corrected chi connectivity index (χ1v) is 8.53. The molecule has 1 N–H and O–H groups in total. The SMILES string of the molecule is COc1ccc(-c2csc(N/N=C(\C)c3ccc(C)o3)n2)cc1OC. The molecule has 0 atom stereocenters. The summed E-state index contributed by atoms with van der Waals surface area (Å²) in [5, 5.41) is 6.99. The molecule has 25 heavy (non-hydrogen) atoms. The highest BCUT2D eigenvalue weighted by Crippen LogP contribution is 2.33. The Hall–Kier alpha value is -2.80. The molecule has 2 aromatic heterocycles. The summed E-state index contributed by atoms with van der Waals surface area (Å²) >= 11 is 1.48. The first-order valence-electron chi connectivity index (χ1n) is 7.65. The van der Waals surface area contributed by atoms with Gasteiger partial charge in [-0.1, -0.05) is 0 Å². The molecule has 3 aromatic rings. The van der Waals surface area contributed by atoms with Gasteiger partial charge in [-0.15, -0.1) is 11.3 Å². The summed E-state index contributed by atoms with van der Waals surface area (Å²) in [4.78, 5) is 4.56. The average Bonchev–Trinajstić information content (AvgIpc) is 3.28. The van der Waals surface area contributed by atoms with Crippen molar-refractivity contribution in [1.29, 1.82) is 0 Å². The second-order valence-electron chi connectivity index (χ2n) is 5.33. The van der Waals surface area contributed by atoms with Crippen molar-refractivity contribution in [3.8, 4) is 22.8 Å². The third kappa shape index (κ3) is 3.83. The maximum absolute atomic E-state index is 5.54. The van der Waals surface area contributed by atoms with E-state index in [9.17, 15) is 0 Å². The number of anilines is 1. The van der Waals surface area contributed by atoms with E-state index in [4.69, 9.17) is 13.9 Å². The fourth-order valence-electron chi connectivity index (χ4n) is 2.27. The molecular weight excluding hydrogens is 338 g/mol. The Morgan fingerprint density at radius 3 is 2.64 bits per heavy atom. The van der Waals surface area contributed by atoms with Crippen molar-refractivity contribution in [2.75, 3.05) is 19.6 Å². The summed E-state index contributed by atoms with van der Waals surface area (Å²) in [6.45, 7) is 3.79. The van der Waals surface area contributed by atoms with Crippen LogP contribution >= 0.6 is 11.3 Å². The second-order valence-corrected chi connectivity index (χ2v) is 6.19. The standard InChI is InChI=1S/C18H19N3O3S/c1-11-5-7-15(24-11)12(2)20-21-18-19-14(10-25-18)13-6-8-16(22-3)17(9-13)23-4/h5-10H,1-4H3,(H,19,21)/b20-12+. The lowest BCUT2D eigenvalue weighted by Gasteiger charge is -2.08. The van der Waals surface area contributed by atoms with Crippen LogP contribution in [0.15, 0.2) is 45.2 Å². The molecule has 0 aliphatic heterocycles. The molecule has 0 saturated carbocycles. The highest BCUT2D eigenvalue weighted by atomic mass is 32.1. The Kier molecular flexibility index (Phi) is 5.04. The third-order valence-electron chi connectivity index (χ3n) is 3.60. The van der Waals surface area contributed by atoms with Crippen molar-refractivity contribution in [2.45, 2.75) is 13.8 Å². The molecule has 0 amide bonds. The van der Waals surface area contributed by atoms with Crippen LogP contribution in [-0.4, -0.2) is 24.9 Å². The molecule has 0 saturated heterocycles. The van der Waals surface area contributed by atoms with E-state index in [2.05, 4.69) is 15.5 Å². The number of methoxy groups -OCH3 is 2. The van der Waals surface area contributed by atoms with E-state index in [1.165, 1.54) is 11.3 Å². The Morgan fingerprint density at radius 2 is 1.96 bits per heavy atom. The molecule has 7 heteroatoms. The van der Waals surface area contributed by atoms with Gasteiger partial charge in [0.1, 0.15) is 17.2 Å². The number of benzene rings is 1. The van der Waals surface area contributed by atoms with Crippen LogP contribution in [0.3, 0.4) is 0 Å². The molecule has 0 aliphatic rings. The lowest BCUT2D eigenvalue weighted by atomic mass is 10.1. The summed E-state index contributed by atoms with van der Waals surface area (Å²) in [5.41, 5.74) is 5.52. The molecule has 130 valence electrons. The summed E-state index contributed by atoms with van der Waals surface area (Å²) in [6, 6.07) is 9.51. The fraction of sp³-hybridized carbons (Fsp3) is 0.222. The van der Waals surface area contributed by atoms with E-state index in [1.807, 2.05) is 49.6 Å². The van der Waals surface area contributed by atoms with Gasteiger partial charge in [0.15, 0.2) is 11.5 Å². The Balaban J connectivity index is 1.76. The number of hydrazone groups is 1. The van der Waals surface area contributed by atoms with E-state index in [0.717, 1.165) is 28.5 Å². The minimum Gasteiger partial charge on any atom is -0.493 e. The van der Waals surface area contributed by atoms with Gasteiger partial charge in [0.25, 0.3) is 0 Å². The number of hydrogen-bond acceptors (Lipinski definition) is 7. The number of ether oxygens (including phenoxy) is 2. The van der Waals surface area contributed by atoms with Crippen LogP contribution in [-0.2, 0) is 0 Å². The van der Waals surface area contributed by atoms with Crippen LogP contribution in [0.5, 0.6) is 11.5 Å². The van der Waals surface area contributed by atoms with Crippen LogP contribution in [0, 0.1) is 6.92 Å². The maximum atomic E-state index is 5.54. The van der Waals surface area contributed by atoms with Gasteiger partial charge in [-0.2, -0.15) is 5.10 Å². The Labute approximate surface area is 150 Å². The van der Waals surface area contributed by atoms with Gasteiger partial charge in [0.2, 0.25) is 5.13 Å². The predicted molar refractivity (Wildman–Crippen MR) is 99.9 cm³/mol. The fourth-order valence-corrected chi connectivity index (χ4v) is 2.93. The molecule has 0 spiro atoms. The lowest BCUT2D eigenvalue weighted by Crippen LogP contribution is -1.98. The van der Waals surface area contributed by atoms with Gasteiger partial charge >= 0.3 is 0 Å². The van der Waals surface area contributed by atoms with Gasteiger partial charge in [0, 0.05) is 10.9 Å². The number of nitrogens with one attached hydrogen (secondary N) is 1. The zero-order valence-electron chi connectivity index (χ0n) is 14.5. The van der Waals surface area contributed by atoms with Crippen LogP contribution in [0.2, 0.25) is 0 Å². The molecule has 0 unspecified atom stereocenters. The summed E-state index contributed by atoms with van der Waals surface area (Å²) in [7, 11) is 3.23. The van der Waals surface area contributed by atoms with Crippen LogP contribution < -0.4 is 14.9 Å². The Bertz CT molecular complexity index is 899. The molecule has 0 fully saturated rings. The number of aryl methyl sites for hydroxylation is 1. The highest BCUT2D eigenvalue weighted by molar-refractivity contribution is 7.14. The van der Waals surface area contributed by atoms with Crippen LogP contribution in [0.4, 0.5) is 5.13 Å². The lowest BCUT2D eigenvalue weighted by molar-refractivity contribution is 0.355. The first kappa shape index (κ1) is 17.0.